The van der Waals surface area contributed by atoms with E-state index in [1.165, 1.54) is 13.2 Å². The highest BCUT2D eigenvalue weighted by atomic mass is 19.1. The van der Waals surface area contributed by atoms with E-state index in [9.17, 15) is 9.18 Å². The fourth-order valence-corrected chi connectivity index (χ4v) is 5.75. The van der Waals surface area contributed by atoms with Crippen LogP contribution in [0.4, 0.5) is 10.1 Å². The summed E-state index contributed by atoms with van der Waals surface area (Å²) in [4.78, 5) is 18.0. The first-order valence-corrected chi connectivity index (χ1v) is 10.2. The molecule has 29 heavy (non-hydrogen) atoms. The van der Waals surface area contributed by atoms with E-state index in [0.717, 1.165) is 42.8 Å². The summed E-state index contributed by atoms with van der Waals surface area (Å²) in [6, 6.07) is 12.9. The number of rotatable bonds is 4. The molecule has 0 aliphatic carbocycles. The third-order valence-corrected chi connectivity index (χ3v) is 6.98. The second kappa shape index (κ2) is 6.73. The lowest BCUT2D eigenvalue weighted by Crippen LogP contribution is -2.49. The molecule has 2 aromatic rings. The molecule has 0 unspecified atom stereocenters. The lowest BCUT2D eigenvalue weighted by Gasteiger charge is -2.34. The number of hydrogen-bond donors (Lipinski definition) is 0. The molecule has 2 aromatic carbocycles. The number of methoxy groups -OCH3 is 2. The van der Waals surface area contributed by atoms with Crippen molar-refractivity contribution in [2.24, 2.45) is 5.92 Å². The molecule has 0 bridgehead atoms. The number of nitrogens with zero attached hydrogens (tertiary/aromatic N) is 2. The van der Waals surface area contributed by atoms with Gasteiger partial charge in [-0.25, -0.2) is 4.39 Å². The summed E-state index contributed by atoms with van der Waals surface area (Å²) in [6.07, 6.45) is 2.75. The van der Waals surface area contributed by atoms with Gasteiger partial charge in [-0.05, 0) is 55.6 Å². The van der Waals surface area contributed by atoms with E-state index in [-0.39, 0.29) is 29.4 Å². The molecule has 0 N–H and O–H groups in total. The van der Waals surface area contributed by atoms with Crippen molar-refractivity contribution < 1.29 is 18.7 Å². The Hall–Kier alpha value is -2.60. The zero-order chi connectivity index (χ0) is 20.2. The van der Waals surface area contributed by atoms with Gasteiger partial charge in [-0.2, -0.15) is 0 Å². The number of carbonyl (C=O) groups excluding carboxylic acids is 1. The molecule has 3 atom stereocenters. The zero-order valence-corrected chi connectivity index (χ0v) is 16.7. The van der Waals surface area contributed by atoms with E-state index in [2.05, 4.69) is 4.90 Å². The predicted molar refractivity (Wildman–Crippen MR) is 108 cm³/mol. The van der Waals surface area contributed by atoms with Crippen molar-refractivity contribution in [1.82, 2.24) is 4.90 Å². The number of ether oxygens (including phenoxy) is 2. The molecule has 1 amide bonds. The molecule has 0 radical (unpaired) electrons. The Morgan fingerprint density at radius 1 is 1.10 bits per heavy atom. The monoisotopic (exact) mass is 396 g/mol. The van der Waals surface area contributed by atoms with Crippen LogP contribution < -0.4 is 14.4 Å². The van der Waals surface area contributed by atoms with E-state index in [4.69, 9.17) is 9.47 Å². The lowest BCUT2D eigenvalue weighted by atomic mass is 9.85. The van der Waals surface area contributed by atoms with Crippen LogP contribution in [0, 0.1) is 11.7 Å². The van der Waals surface area contributed by atoms with Gasteiger partial charge in [-0.3, -0.25) is 9.69 Å². The van der Waals surface area contributed by atoms with E-state index < -0.39 is 5.54 Å². The third kappa shape index (κ3) is 2.51. The number of para-hydroxylation sites is 2. The molecule has 1 spiro atoms. The van der Waals surface area contributed by atoms with Crippen LogP contribution >= 0.6 is 0 Å². The van der Waals surface area contributed by atoms with Crippen molar-refractivity contribution in [2.45, 2.75) is 30.8 Å². The Balaban J connectivity index is 1.50. The van der Waals surface area contributed by atoms with Crippen molar-refractivity contribution in [1.29, 1.82) is 0 Å². The third-order valence-electron chi connectivity index (χ3n) is 6.98. The number of carbonyl (C=O) groups is 1. The van der Waals surface area contributed by atoms with Gasteiger partial charge < -0.3 is 14.4 Å². The fraction of sp³-hybridized carbons (Fsp3) is 0.435. The van der Waals surface area contributed by atoms with Crippen LogP contribution in [0.25, 0.3) is 0 Å². The topological polar surface area (TPSA) is 42.0 Å². The minimum atomic E-state index is -0.465. The molecule has 5 nitrogen and oxygen atoms in total. The molecular formula is C23H25FN2O3. The highest BCUT2D eigenvalue weighted by Gasteiger charge is 2.65. The van der Waals surface area contributed by atoms with Crippen LogP contribution in [0.2, 0.25) is 0 Å². The largest absolute Gasteiger partial charge is 0.495 e. The number of amides is 1. The Kier molecular flexibility index (Phi) is 4.28. The van der Waals surface area contributed by atoms with Gasteiger partial charge in [0.25, 0.3) is 0 Å². The number of benzene rings is 2. The van der Waals surface area contributed by atoms with Gasteiger partial charge in [-0.1, -0.05) is 18.2 Å². The fourth-order valence-electron chi connectivity index (χ4n) is 5.75. The Morgan fingerprint density at radius 2 is 1.90 bits per heavy atom. The Morgan fingerprint density at radius 3 is 2.69 bits per heavy atom. The molecule has 3 fully saturated rings. The second-order valence-corrected chi connectivity index (χ2v) is 8.15. The number of hydrogen-bond acceptors (Lipinski definition) is 4. The van der Waals surface area contributed by atoms with E-state index in [1.54, 1.807) is 13.2 Å². The van der Waals surface area contributed by atoms with Crippen LogP contribution in [-0.2, 0) is 4.79 Å². The summed E-state index contributed by atoms with van der Waals surface area (Å²) in [6.45, 7) is 1.57. The van der Waals surface area contributed by atoms with Gasteiger partial charge in [0.15, 0.2) is 11.6 Å². The molecule has 3 heterocycles. The first-order valence-electron chi connectivity index (χ1n) is 10.2. The highest BCUT2D eigenvalue weighted by Crippen LogP contribution is 2.57. The maximum atomic E-state index is 13.9. The molecular weight excluding hydrogens is 371 g/mol. The maximum absolute atomic E-state index is 13.9. The standard InChI is InChI=1S/C23H25FN2O3/c1-28-20-7-4-3-6-18(20)25-14-16-13-19(15-8-9-17(24)21(12-15)29-2)26-11-5-10-23(16,26)22(25)27/h3-4,6-9,12,16,19H,5,10-11,13-14H2,1-2H3/t16-,19-,23-/m0/s1. The summed E-state index contributed by atoms with van der Waals surface area (Å²) in [5, 5.41) is 0. The van der Waals surface area contributed by atoms with Gasteiger partial charge in [0, 0.05) is 18.5 Å². The highest BCUT2D eigenvalue weighted by molar-refractivity contribution is 6.04. The Labute approximate surface area is 170 Å². The number of anilines is 1. The van der Waals surface area contributed by atoms with Crippen LogP contribution in [0.15, 0.2) is 42.5 Å². The van der Waals surface area contributed by atoms with Crippen LogP contribution in [0.5, 0.6) is 11.5 Å². The summed E-state index contributed by atoms with van der Waals surface area (Å²) >= 11 is 0. The molecule has 3 aliphatic heterocycles. The molecule has 3 aliphatic rings. The van der Waals surface area contributed by atoms with E-state index >= 15 is 0 Å². The molecule has 0 saturated carbocycles. The van der Waals surface area contributed by atoms with Gasteiger partial charge >= 0.3 is 0 Å². The normalized spacial score (nSPS) is 28.5. The van der Waals surface area contributed by atoms with Crippen molar-refractivity contribution in [2.75, 3.05) is 32.2 Å². The van der Waals surface area contributed by atoms with Gasteiger partial charge in [0.1, 0.15) is 11.3 Å². The van der Waals surface area contributed by atoms with E-state index in [0.29, 0.717) is 6.54 Å². The summed E-state index contributed by atoms with van der Waals surface area (Å²) in [5.74, 6) is 1.03. The van der Waals surface area contributed by atoms with Crippen LogP contribution in [-0.4, -0.2) is 43.7 Å². The van der Waals surface area contributed by atoms with Crippen molar-refractivity contribution in [3.63, 3.8) is 0 Å². The van der Waals surface area contributed by atoms with E-state index in [1.807, 2.05) is 35.2 Å². The molecule has 5 rings (SSSR count). The predicted octanol–water partition coefficient (Wildman–Crippen LogP) is 3.79. The van der Waals surface area contributed by atoms with Crippen LogP contribution in [0.3, 0.4) is 0 Å². The summed E-state index contributed by atoms with van der Waals surface area (Å²) in [5.41, 5.74) is 1.40. The van der Waals surface area contributed by atoms with Crippen molar-refractivity contribution in [3.8, 4) is 11.5 Å². The minimum absolute atomic E-state index is 0.112. The lowest BCUT2D eigenvalue weighted by molar-refractivity contribution is -0.126. The SMILES string of the molecule is COc1cc([C@@H]2C[C@H]3CN(c4ccccc4OC)C(=O)[C@]34CCCN24)ccc1F. The molecule has 6 heteroatoms. The van der Waals surface area contributed by atoms with Crippen molar-refractivity contribution in [3.05, 3.63) is 53.8 Å². The Bertz CT molecular complexity index is 965. The molecule has 152 valence electrons. The summed E-state index contributed by atoms with van der Waals surface area (Å²) < 4.78 is 24.6. The van der Waals surface area contributed by atoms with Gasteiger partial charge in [-0.15, -0.1) is 0 Å². The quantitative estimate of drug-likeness (QED) is 0.789. The molecule has 0 aromatic heterocycles. The summed E-state index contributed by atoms with van der Waals surface area (Å²) in [7, 11) is 3.12. The van der Waals surface area contributed by atoms with Crippen LogP contribution in [0.1, 0.15) is 30.9 Å². The van der Waals surface area contributed by atoms with Gasteiger partial charge in [0.2, 0.25) is 5.91 Å². The first kappa shape index (κ1) is 18.4. The first-order chi connectivity index (χ1) is 14.1. The smallest absolute Gasteiger partial charge is 0.248 e. The number of halogens is 1. The molecule has 3 saturated heterocycles. The van der Waals surface area contributed by atoms with Crippen molar-refractivity contribution >= 4 is 11.6 Å². The minimum Gasteiger partial charge on any atom is -0.495 e. The maximum Gasteiger partial charge on any atom is 0.248 e. The average Bonchev–Trinajstić information content (AvgIpc) is 3.38. The zero-order valence-electron chi connectivity index (χ0n) is 16.7. The average molecular weight is 396 g/mol. The van der Waals surface area contributed by atoms with Gasteiger partial charge in [0.05, 0.1) is 19.9 Å². The second-order valence-electron chi connectivity index (χ2n) is 8.15.